The average molecular weight is 1960 g/mol. The number of carboxylic acid groups (broad SMARTS) is 2. The van der Waals surface area contributed by atoms with E-state index in [1.165, 1.54) is 18.2 Å². The van der Waals surface area contributed by atoms with Crippen LogP contribution in [0.25, 0.3) is 0 Å². The lowest BCUT2D eigenvalue weighted by Crippen LogP contribution is -2.31. The summed E-state index contributed by atoms with van der Waals surface area (Å²) in [6.45, 7) is 16.9. The Morgan fingerprint density at radius 1 is 0.349 bits per heavy atom. The lowest BCUT2D eigenvalue weighted by atomic mass is 9.85. The van der Waals surface area contributed by atoms with Crippen molar-refractivity contribution in [2.75, 3.05) is 184 Å². The molecule has 4 N–H and O–H groups in total. The number of hydrogen-bond acceptors (Lipinski definition) is 23. The van der Waals surface area contributed by atoms with Gasteiger partial charge in [-0.25, -0.2) is 34.8 Å². The quantitative estimate of drug-likeness (QED) is 0.0235. The number of carbonyl (C=O) groups is 4. The maximum Gasteiger partial charge on any atom is 0.335 e. The van der Waals surface area contributed by atoms with Gasteiger partial charge in [-0.1, -0.05) is 130 Å². The lowest BCUT2D eigenvalue weighted by molar-refractivity contribution is 0.0142. The molecule has 3 atom stereocenters. The van der Waals surface area contributed by atoms with Crippen molar-refractivity contribution in [2.45, 2.75) is 111 Å². The highest BCUT2D eigenvalue weighted by molar-refractivity contribution is 7.92. The zero-order valence-electron chi connectivity index (χ0n) is 73.6. The highest BCUT2D eigenvalue weighted by Crippen LogP contribution is 2.43. The van der Waals surface area contributed by atoms with E-state index in [1.54, 1.807) is 91.0 Å². The van der Waals surface area contributed by atoms with Crippen molar-refractivity contribution < 1.29 is 97.3 Å². The number of likely N-dealkylation sites (N-methyl/N-ethyl adjacent to an activating group) is 3. The molecule has 3 aliphatic rings. The summed E-state index contributed by atoms with van der Waals surface area (Å²) in [5.41, 5.74) is 15.4. The van der Waals surface area contributed by atoms with Crippen LogP contribution in [-0.4, -0.2) is 257 Å². The number of ketones is 2. The Balaban J connectivity index is 0.000000235. The van der Waals surface area contributed by atoms with Gasteiger partial charge in [0.2, 0.25) is 0 Å². The van der Waals surface area contributed by atoms with Gasteiger partial charge < -0.3 is 73.3 Å². The first-order valence-electron chi connectivity index (χ1n) is 42.9. The smallest absolute Gasteiger partial charge is 0.335 e. The molecule has 25 nitrogen and oxygen atoms in total. The molecule has 3 aliphatic heterocycles. The van der Waals surface area contributed by atoms with Crippen molar-refractivity contribution in [2.24, 2.45) is 5.73 Å². The molecule has 0 saturated heterocycles. The van der Waals surface area contributed by atoms with Crippen molar-refractivity contribution in [1.29, 1.82) is 0 Å². The Labute approximate surface area is 789 Å². The van der Waals surface area contributed by atoms with Crippen LogP contribution in [0.2, 0.25) is 30.1 Å². The summed E-state index contributed by atoms with van der Waals surface area (Å²) in [5, 5.41) is 20.6. The Bertz CT molecular complexity index is 5280. The number of nitrogens with two attached hydrogens (primary N) is 1. The number of rotatable bonds is 49. The minimum Gasteiger partial charge on any atom is -0.478 e. The Morgan fingerprint density at radius 2 is 0.612 bits per heavy atom. The van der Waals surface area contributed by atoms with Gasteiger partial charge in [0.1, 0.15) is 0 Å². The minimum atomic E-state index is -3.51. The number of hydrogen-bond donors (Lipinski definition) is 3. The maximum absolute atomic E-state index is 13.2. The lowest BCUT2D eigenvalue weighted by Gasteiger charge is -2.33. The molecule has 704 valence electrons. The first-order valence-corrected chi connectivity index (χ1v) is 50.2. The number of carboxylic acids is 2. The number of aromatic carboxylic acids is 2. The fraction of sp³-hybridized carbons (Fsp3) is 0.453. The van der Waals surface area contributed by atoms with Crippen LogP contribution in [0.5, 0.6) is 0 Å². The highest BCUT2D eigenvalue weighted by atomic mass is 35.5. The van der Waals surface area contributed by atoms with Crippen molar-refractivity contribution in [3.05, 3.63) is 260 Å². The molecule has 3 unspecified atom stereocenters. The molecule has 8 aromatic rings. The summed E-state index contributed by atoms with van der Waals surface area (Å²) in [6.07, 6.45) is 3.11. The van der Waals surface area contributed by atoms with Gasteiger partial charge in [-0.2, -0.15) is 0 Å². The largest absolute Gasteiger partial charge is 0.478 e. The predicted molar refractivity (Wildman–Crippen MR) is 505 cm³/mol. The second kappa shape index (κ2) is 55.7. The number of benzene rings is 8. The molecule has 0 amide bonds. The third-order valence-corrected chi connectivity index (χ3v) is 28.3. The van der Waals surface area contributed by atoms with Crippen LogP contribution in [0.1, 0.15) is 168 Å². The summed E-state index contributed by atoms with van der Waals surface area (Å²) in [6, 6.07) is 44.7. The van der Waals surface area contributed by atoms with Gasteiger partial charge in [0.15, 0.2) is 41.1 Å². The number of halogens is 6. The van der Waals surface area contributed by atoms with E-state index in [0.717, 1.165) is 88.9 Å². The third kappa shape index (κ3) is 35.5. The van der Waals surface area contributed by atoms with E-state index in [-0.39, 0.29) is 57.7 Å². The molecular weight excluding hydrogens is 1840 g/mol. The van der Waals surface area contributed by atoms with Crippen molar-refractivity contribution in [3.63, 3.8) is 0 Å². The van der Waals surface area contributed by atoms with E-state index >= 15 is 0 Å². The molecule has 0 bridgehead atoms. The second-order valence-corrected chi connectivity index (χ2v) is 40.0. The Kier molecular flexibility index (Phi) is 46.4. The van der Waals surface area contributed by atoms with Crippen LogP contribution < -0.4 is 5.73 Å². The zero-order valence-corrected chi connectivity index (χ0v) is 80.5. The van der Waals surface area contributed by atoms with Crippen molar-refractivity contribution in [1.82, 2.24) is 14.7 Å². The summed E-state index contributed by atoms with van der Waals surface area (Å²) < 4.78 is 127. The first-order chi connectivity index (χ1) is 61.8. The monoisotopic (exact) mass is 1960 g/mol. The van der Waals surface area contributed by atoms with Crippen LogP contribution in [0.3, 0.4) is 0 Å². The number of nitrogens with zero attached hydrogens (tertiary/aromatic N) is 3. The van der Waals surface area contributed by atoms with Gasteiger partial charge in [0, 0.05) is 164 Å². The van der Waals surface area contributed by atoms with Crippen molar-refractivity contribution >= 4 is 123 Å². The Morgan fingerprint density at radius 3 is 0.922 bits per heavy atom. The summed E-state index contributed by atoms with van der Waals surface area (Å²) in [5.74, 6) is -2.27. The number of ether oxygens (including phenoxy) is 9. The molecule has 0 aliphatic carbocycles. The SMILES string of the molecule is CCOCCCS(=O)(=O)c1cccc(C2CN(C)Cc3c(Cl)cc(Cl)cc32)c1.CCOCCOCCCC(=O)c1cccc(C(=O)CCCOCCOCCOCCCS(=O)(=O)c2cccc(C3CN(C)Cc4c(Cl)cc(Cl)cc43)c2)c1.CN1Cc2c(Cl)cc(Cl)cc2C(c2cccc(S(=O)(=O)CCCOCCOCCOCCN)c2)C1.O=C(O)c1cccc(C(=O)O)c1. The molecule has 0 radical (unpaired) electrons. The van der Waals surface area contributed by atoms with Gasteiger partial charge in [-0.05, 0) is 214 Å². The first kappa shape index (κ1) is 107. The molecule has 3 heterocycles. The number of Topliss-reactive ketones (excluding diaryl/α,β-unsaturated/α-hetero) is 2. The van der Waals surface area contributed by atoms with Crippen LogP contribution in [-0.2, 0) is 91.8 Å². The van der Waals surface area contributed by atoms with Gasteiger partial charge in [0.05, 0.1) is 116 Å². The summed E-state index contributed by atoms with van der Waals surface area (Å²) in [4.78, 5) is 53.5. The second-order valence-electron chi connectivity index (χ2n) is 31.1. The normalized spacial score (nSPS) is 15.2. The summed E-state index contributed by atoms with van der Waals surface area (Å²) in [7, 11) is -4.22. The zero-order chi connectivity index (χ0) is 93.5. The van der Waals surface area contributed by atoms with E-state index < -0.39 is 41.5 Å². The number of fused-ring (bicyclic) bond motifs is 3. The molecule has 11 rings (SSSR count). The van der Waals surface area contributed by atoms with Crippen LogP contribution in [0, 0.1) is 0 Å². The molecule has 0 fully saturated rings. The van der Waals surface area contributed by atoms with E-state index in [0.29, 0.717) is 233 Å². The predicted octanol–water partition coefficient (Wildman–Crippen LogP) is 17.1. The third-order valence-electron chi connectivity index (χ3n) is 21.2. The maximum atomic E-state index is 13.2. The van der Waals surface area contributed by atoms with Crippen LogP contribution in [0.15, 0.2) is 172 Å². The molecular formula is C95H118Cl6N4O21S3. The van der Waals surface area contributed by atoms with Gasteiger partial charge in [0.25, 0.3) is 0 Å². The summed E-state index contributed by atoms with van der Waals surface area (Å²) >= 11 is 38.3. The van der Waals surface area contributed by atoms with Gasteiger partial charge in [-0.3, -0.25) is 9.59 Å². The van der Waals surface area contributed by atoms with E-state index in [9.17, 15) is 44.4 Å². The fourth-order valence-electron chi connectivity index (χ4n) is 14.9. The topological polar surface area (TPSA) is 330 Å². The average Bonchev–Trinajstić information content (AvgIpc) is 0.779. The van der Waals surface area contributed by atoms with E-state index in [2.05, 4.69) is 14.7 Å². The molecule has 0 spiro atoms. The van der Waals surface area contributed by atoms with E-state index in [1.807, 2.05) is 77.5 Å². The molecule has 8 aromatic carbocycles. The van der Waals surface area contributed by atoms with Crippen LogP contribution >= 0.6 is 69.6 Å². The molecule has 34 heteroatoms. The Hall–Kier alpha value is -6.89. The molecule has 0 saturated carbocycles. The highest BCUT2D eigenvalue weighted by Gasteiger charge is 2.33. The van der Waals surface area contributed by atoms with Crippen LogP contribution in [0.4, 0.5) is 0 Å². The standard InChI is InChI=1S/C41H53Cl2NO9S.C25H34Cl2N2O5S.C21H25Cl2NO3S.C8H6O4/c1-3-49-18-19-50-15-6-13-40(45)32-10-4-11-33(25-32)41(46)14-7-16-51-20-22-53-23-21-52-17-8-24-54(47,48)35-12-5-9-31(26-35)37-29-44(2)30-38-36(37)27-34(42)28-39(38)43;1-29-17-23(22-15-20(26)16-25(27)24(22)18-29)19-4-2-5-21(14-19)35(30,31)13-3-7-32-9-11-34-12-10-33-8-6-28;1-3-27-8-5-9-28(25,26)17-7-4-6-15(10-17)19-13-24(2)14-20-18(19)11-16(22)12-21(20)23;9-7(10)5-2-1-3-6(4-5)8(11)12/h4-5,9-12,25-28,37H,3,6-8,13-24,29-30H2,1-2H3;2,4-5,14-16,23H,3,6-13,17-18,28H2,1H3;4,6-7,10-12,19H,3,5,8-9,13-14H2,1-2H3;1-4H,(H,9,10)(H,11,12). The van der Waals surface area contributed by atoms with E-state index in [4.69, 9.17) is 128 Å². The molecule has 129 heavy (non-hydrogen) atoms. The number of carbonyl (C=O) groups excluding carboxylic acids is 2. The number of sulfone groups is 3. The minimum absolute atomic E-state index is 0.00891. The van der Waals surface area contributed by atoms with Gasteiger partial charge >= 0.3 is 11.9 Å². The fourth-order valence-corrected chi connectivity index (χ4v) is 20.6. The molecule has 0 aromatic heterocycles. The van der Waals surface area contributed by atoms with Gasteiger partial charge in [-0.15, -0.1) is 0 Å². The van der Waals surface area contributed by atoms with Crippen molar-refractivity contribution in [3.8, 4) is 0 Å².